The van der Waals surface area contributed by atoms with Crippen LogP contribution >= 0.6 is 0 Å². The third kappa shape index (κ3) is 4.32. The summed E-state index contributed by atoms with van der Waals surface area (Å²) in [5.74, 6) is 0.832. The molecule has 0 fully saturated rings. The van der Waals surface area contributed by atoms with Crippen LogP contribution in [0.4, 0.5) is 0 Å². The number of carbonyl (C=O) groups is 1. The van der Waals surface area contributed by atoms with Crippen molar-refractivity contribution in [3.63, 3.8) is 0 Å². The average Bonchev–Trinajstić information content (AvgIpc) is 2.61. The predicted octanol–water partition coefficient (Wildman–Crippen LogP) is 2.96. The first kappa shape index (κ1) is 16.5. The number of carbonyl (C=O) groups excluding carboxylic acids is 1. The molecule has 1 unspecified atom stereocenters. The van der Waals surface area contributed by atoms with Crippen molar-refractivity contribution in [2.75, 3.05) is 14.2 Å². The minimum atomic E-state index is -0.265. The van der Waals surface area contributed by atoms with Gasteiger partial charge in [0.1, 0.15) is 0 Å². The Morgan fingerprint density at radius 1 is 1.09 bits per heavy atom. The summed E-state index contributed by atoms with van der Waals surface area (Å²) in [5, 5.41) is 4.00. The summed E-state index contributed by atoms with van der Waals surface area (Å²) in [6, 6.07) is 15.0. The van der Waals surface area contributed by atoms with Gasteiger partial charge in [-0.05, 0) is 36.2 Å². The summed E-state index contributed by atoms with van der Waals surface area (Å²) < 4.78 is 10.4. The van der Waals surface area contributed by atoms with E-state index in [2.05, 4.69) is 10.5 Å². The van der Waals surface area contributed by atoms with Gasteiger partial charge >= 0.3 is 0 Å². The van der Waals surface area contributed by atoms with E-state index in [1.807, 2.05) is 43.3 Å². The maximum atomic E-state index is 12.1. The zero-order valence-electron chi connectivity index (χ0n) is 13.4. The Balaban J connectivity index is 2.00. The number of methoxy groups -OCH3 is 2. The van der Waals surface area contributed by atoms with E-state index >= 15 is 0 Å². The first-order chi connectivity index (χ1) is 11.2. The summed E-state index contributed by atoms with van der Waals surface area (Å²) in [4.78, 5) is 12.1. The Bertz CT molecular complexity index is 684. The Hall–Kier alpha value is -2.82. The van der Waals surface area contributed by atoms with Crippen LogP contribution in [0.5, 0.6) is 11.5 Å². The van der Waals surface area contributed by atoms with Crippen molar-refractivity contribution in [2.24, 2.45) is 5.10 Å². The van der Waals surface area contributed by atoms with Crippen LogP contribution in [0.2, 0.25) is 0 Å². The van der Waals surface area contributed by atoms with Crippen LogP contribution in [0.1, 0.15) is 24.0 Å². The number of benzene rings is 2. The summed E-state index contributed by atoms with van der Waals surface area (Å²) in [7, 11) is 3.15. The lowest BCUT2D eigenvalue weighted by atomic mass is 10.0. The van der Waals surface area contributed by atoms with Gasteiger partial charge in [-0.25, -0.2) is 5.43 Å². The van der Waals surface area contributed by atoms with Gasteiger partial charge in [-0.2, -0.15) is 5.10 Å². The minimum Gasteiger partial charge on any atom is -0.493 e. The highest BCUT2D eigenvalue weighted by atomic mass is 16.5. The molecular formula is C18H20N2O3. The fraction of sp³-hybridized carbons (Fsp3) is 0.222. The second kappa shape index (κ2) is 7.98. The molecule has 5 heteroatoms. The molecule has 5 nitrogen and oxygen atoms in total. The van der Waals surface area contributed by atoms with Crippen molar-refractivity contribution in [2.45, 2.75) is 12.8 Å². The van der Waals surface area contributed by atoms with Crippen molar-refractivity contribution in [1.29, 1.82) is 0 Å². The maximum Gasteiger partial charge on any atom is 0.247 e. The number of amides is 1. The number of rotatable bonds is 6. The van der Waals surface area contributed by atoms with Gasteiger partial charge in [-0.15, -0.1) is 0 Å². The standard InChI is InChI=1S/C18H20N2O3/c1-13(15-7-5-4-6-8-15)18(21)20-19-12-14-9-10-16(22-2)17(11-14)23-3/h4-13H,1-3H3,(H,20,21)/b19-12+. The molecule has 23 heavy (non-hydrogen) atoms. The molecule has 0 heterocycles. The molecule has 2 aromatic carbocycles. The molecule has 0 saturated carbocycles. The zero-order chi connectivity index (χ0) is 16.7. The molecule has 0 spiro atoms. The predicted molar refractivity (Wildman–Crippen MR) is 90.1 cm³/mol. The Morgan fingerprint density at radius 3 is 2.43 bits per heavy atom. The van der Waals surface area contributed by atoms with E-state index in [-0.39, 0.29) is 11.8 Å². The van der Waals surface area contributed by atoms with E-state index in [0.717, 1.165) is 11.1 Å². The van der Waals surface area contributed by atoms with Crippen molar-refractivity contribution >= 4 is 12.1 Å². The van der Waals surface area contributed by atoms with Gasteiger partial charge in [0.25, 0.3) is 0 Å². The monoisotopic (exact) mass is 312 g/mol. The second-order valence-electron chi connectivity index (χ2n) is 4.98. The van der Waals surface area contributed by atoms with Gasteiger partial charge < -0.3 is 9.47 Å². The molecule has 0 aliphatic rings. The lowest BCUT2D eigenvalue weighted by molar-refractivity contribution is -0.122. The van der Waals surface area contributed by atoms with Crippen LogP contribution in [-0.2, 0) is 4.79 Å². The number of nitrogens with one attached hydrogen (secondary N) is 1. The molecule has 0 aromatic heterocycles. The van der Waals surface area contributed by atoms with Crippen LogP contribution in [0.3, 0.4) is 0 Å². The normalized spacial score (nSPS) is 12.0. The fourth-order valence-electron chi connectivity index (χ4n) is 2.09. The van der Waals surface area contributed by atoms with E-state index in [9.17, 15) is 4.79 Å². The van der Waals surface area contributed by atoms with Gasteiger partial charge in [0.05, 0.1) is 26.4 Å². The summed E-state index contributed by atoms with van der Waals surface area (Å²) in [6.45, 7) is 1.84. The lowest BCUT2D eigenvalue weighted by Gasteiger charge is -2.09. The van der Waals surface area contributed by atoms with Crippen molar-refractivity contribution in [3.8, 4) is 11.5 Å². The van der Waals surface area contributed by atoms with Crippen LogP contribution in [0, 0.1) is 0 Å². The fourth-order valence-corrected chi connectivity index (χ4v) is 2.09. The summed E-state index contributed by atoms with van der Waals surface area (Å²) in [5.41, 5.74) is 4.31. The van der Waals surface area contributed by atoms with Gasteiger partial charge in [-0.1, -0.05) is 30.3 Å². The molecule has 0 saturated heterocycles. The molecule has 0 bridgehead atoms. The first-order valence-electron chi connectivity index (χ1n) is 7.25. The minimum absolute atomic E-state index is 0.159. The molecule has 0 radical (unpaired) electrons. The van der Waals surface area contributed by atoms with Crippen molar-refractivity contribution in [3.05, 3.63) is 59.7 Å². The molecular weight excluding hydrogens is 292 g/mol. The zero-order valence-corrected chi connectivity index (χ0v) is 13.4. The van der Waals surface area contributed by atoms with Gasteiger partial charge in [-0.3, -0.25) is 4.79 Å². The third-order valence-electron chi connectivity index (χ3n) is 3.49. The number of ether oxygens (including phenoxy) is 2. The van der Waals surface area contributed by atoms with Crippen LogP contribution in [-0.4, -0.2) is 26.3 Å². The Morgan fingerprint density at radius 2 is 1.78 bits per heavy atom. The largest absolute Gasteiger partial charge is 0.493 e. The first-order valence-corrected chi connectivity index (χ1v) is 7.25. The molecule has 1 N–H and O–H groups in total. The number of hydrogen-bond donors (Lipinski definition) is 1. The van der Waals surface area contributed by atoms with E-state index < -0.39 is 0 Å². The van der Waals surface area contributed by atoms with Crippen LogP contribution in [0.15, 0.2) is 53.6 Å². The van der Waals surface area contributed by atoms with Gasteiger partial charge in [0.2, 0.25) is 5.91 Å². The Kier molecular flexibility index (Phi) is 5.74. The van der Waals surface area contributed by atoms with Crippen LogP contribution < -0.4 is 14.9 Å². The molecule has 0 aliphatic heterocycles. The average molecular weight is 312 g/mol. The lowest BCUT2D eigenvalue weighted by Crippen LogP contribution is -2.23. The topological polar surface area (TPSA) is 59.9 Å². The van der Waals surface area contributed by atoms with Gasteiger partial charge in [0, 0.05) is 0 Å². The van der Waals surface area contributed by atoms with Gasteiger partial charge in [0.15, 0.2) is 11.5 Å². The van der Waals surface area contributed by atoms with E-state index in [1.54, 1.807) is 32.6 Å². The van der Waals surface area contributed by atoms with Crippen molar-refractivity contribution in [1.82, 2.24) is 5.43 Å². The molecule has 1 amide bonds. The van der Waals surface area contributed by atoms with E-state index in [0.29, 0.717) is 11.5 Å². The summed E-state index contributed by atoms with van der Waals surface area (Å²) >= 11 is 0. The molecule has 2 aromatic rings. The highest BCUT2D eigenvalue weighted by molar-refractivity contribution is 5.86. The van der Waals surface area contributed by atoms with Crippen molar-refractivity contribution < 1.29 is 14.3 Å². The molecule has 120 valence electrons. The number of hydrogen-bond acceptors (Lipinski definition) is 4. The van der Waals surface area contributed by atoms with E-state index in [4.69, 9.17) is 9.47 Å². The SMILES string of the molecule is COc1ccc(/C=N/NC(=O)C(C)c2ccccc2)cc1OC. The Labute approximate surface area is 135 Å². The summed E-state index contributed by atoms with van der Waals surface area (Å²) in [6.07, 6.45) is 1.57. The van der Waals surface area contributed by atoms with Crippen LogP contribution in [0.25, 0.3) is 0 Å². The molecule has 0 aliphatic carbocycles. The third-order valence-corrected chi connectivity index (χ3v) is 3.49. The highest BCUT2D eigenvalue weighted by Gasteiger charge is 2.13. The quantitative estimate of drug-likeness (QED) is 0.659. The maximum absolute atomic E-state index is 12.1. The second-order valence-corrected chi connectivity index (χ2v) is 4.98. The van der Waals surface area contributed by atoms with E-state index in [1.165, 1.54) is 0 Å². The highest BCUT2D eigenvalue weighted by Crippen LogP contribution is 2.26. The smallest absolute Gasteiger partial charge is 0.247 e. The molecule has 1 atom stereocenters. The number of nitrogens with zero attached hydrogens (tertiary/aromatic N) is 1. The number of hydrazone groups is 1. The molecule has 2 rings (SSSR count).